The predicted octanol–water partition coefficient (Wildman–Crippen LogP) is 5.72. The number of rotatable bonds is 7. The van der Waals surface area contributed by atoms with E-state index in [0.717, 1.165) is 10.5 Å². The lowest BCUT2D eigenvalue weighted by molar-refractivity contribution is 0.0669. The Morgan fingerprint density at radius 2 is 1.65 bits per heavy atom. The first kappa shape index (κ1) is 25.5. The second-order valence-corrected chi connectivity index (χ2v) is 11.1. The smallest absolute Gasteiger partial charge is 0.264 e. The lowest BCUT2D eigenvalue weighted by Crippen LogP contribution is -2.31. The molecule has 0 aromatic heterocycles. The maximum Gasteiger partial charge on any atom is 0.264 e. The van der Waals surface area contributed by atoms with E-state index in [1.165, 1.54) is 24.3 Å². The molecule has 1 N–H and O–H groups in total. The Kier molecular flexibility index (Phi) is 7.19. The zero-order valence-electron chi connectivity index (χ0n) is 19.6. The first-order valence-corrected chi connectivity index (χ1v) is 12.5. The third-order valence-electron chi connectivity index (χ3n) is 5.34. The highest BCUT2D eigenvalue weighted by molar-refractivity contribution is 7.92. The van der Waals surface area contributed by atoms with Gasteiger partial charge in [0.2, 0.25) is 0 Å². The van der Waals surface area contributed by atoms with E-state index >= 15 is 0 Å². The van der Waals surface area contributed by atoms with Crippen molar-refractivity contribution in [1.82, 2.24) is 4.90 Å². The molecule has 0 saturated carbocycles. The fourth-order valence-corrected chi connectivity index (χ4v) is 4.81. The lowest BCUT2D eigenvalue weighted by Gasteiger charge is -2.19. The molecule has 0 unspecified atom stereocenters. The topological polar surface area (TPSA) is 83.6 Å². The van der Waals surface area contributed by atoms with Crippen molar-refractivity contribution in [2.75, 3.05) is 11.3 Å². The van der Waals surface area contributed by atoms with E-state index in [0.29, 0.717) is 5.57 Å². The number of allylic oxidation sites excluding steroid dienone is 3. The van der Waals surface area contributed by atoms with Crippen LogP contribution in [0, 0.1) is 0 Å². The maximum atomic E-state index is 13.2. The molecule has 0 atom stereocenters. The molecule has 2 aromatic carbocycles. The molecule has 0 radical (unpaired) electrons. The number of imide groups is 1. The average Bonchev–Trinajstić information content (AvgIpc) is 3.01. The number of carbonyl (C=O) groups excluding carboxylic acids is 2. The van der Waals surface area contributed by atoms with Crippen LogP contribution in [0.5, 0.6) is 0 Å². The van der Waals surface area contributed by atoms with E-state index in [9.17, 15) is 18.0 Å². The monoisotopic (exact) mass is 498 g/mol. The molecule has 34 heavy (non-hydrogen) atoms. The average molecular weight is 499 g/mol. The highest BCUT2D eigenvalue weighted by atomic mass is 35.5. The minimum atomic E-state index is -4.02. The number of sulfonamides is 1. The Hall–Kier alpha value is -3.16. The molecule has 6 nitrogen and oxygen atoms in total. The van der Waals surface area contributed by atoms with E-state index in [4.69, 9.17) is 11.6 Å². The van der Waals surface area contributed by atoms with Crippen molar-refractivity contribution in [3.05, 3.63) is 94.6 Å². The largest absolute Gasteiger partial charge is 0.279 e. The van der Waals surface area contributed by atoms with Gasteiger partial charge in [-0.05, 0) is 47.7 Å². The number of fused-ring (bicyclic) bond motifs is 1. The van der Waals surface area contributed by atoms with Crippen LogP contribution in [-0.4, -0.2) is 31.7 Å². The van der Waals surface area contributed by atoms with Gasteiger partial charge in [0.25, 0.3) is 21.8 Å². The van der Waals surface area contributed by atoms with E-state index < -0.39 is 21.8 Å². The minimum absolute atomic E-state index is 0.00443. The van der Waals surface area contributed by atoms with Crippen molar-refractivity contribution in [3.63, 3.8) is 0 Å². The first-order valence-electron chi connectivity index (χ1n) is 10.7. The van der Waals surface area contributed by atoms with Crippen LogP contribution in [0.1, 0.15) is 54.0 Å². The van der Waals surface area contributed by atoms with E-state index in [-0.39, 0.29) is 38.7 Å². The molecule has 178 valence electrons. The summed E-state index contributed by atoms with van der Waals surface area (Å²) >= 11 is 6.23. The number of hydrogen-bond acceptors (Lipinski definition) is 4. The summed E-state index contributed by atoms with van der Waals surface area (Å²) in [6.07, 6.45) is 7.07. The van der Waals surface area contributed by atoms with E-state index in [1.807, 2.05) is 33.8 Å². The molecule has 3 rings (SSSR count). The van der Waals surface area contributed by atoms with Gasteiger partial charge in [0.05, 0.1) is 33.3 Å². The molecule has 1 aliphatic rings. The lowest BCUT2D eigenvalue weighted by atomic mass is 9.87. The summed E-state index contributed by atoms with van der Waals surface area (Å²) in [5.41, 5.74) is 1.28. The number of amides is 2. The molecule has 0 aliphatic carbocycles. The molecule has 0 saturated heterocycles. The van der Waals surface area contributed by atoms with Crippen LogP contribution in [0.4, 0.5) is 5.69 Å². The van der Waals surface area contributed by atoms with Gasteiger partial charge < -0.3 is 0 Å². The molecule has 0 spiro atoms. The highest BCUT2D eigenvalue weighted by Crippen LogP contribution is 2.36. The Morgan fingerprint density at radius 3 is 2.24 bits per heavy atom. The third kappa shape index (κ3) is 5.16. The van der Waals surface area contributed by atoms with Crippen LogP contribution in [-0.2, 0) is 15.4 Å². The molecule has 2 amide bonds. The zero-order chi connectivity index (χ0) is 25.3. The van der Waals surface area contributed by atoms with Crippen molar-refractivity contribution in [2.24, 2.45) is 0 Å². The van der Waals surface area contributed by atoms with Crippen LogP contribution in [0.3, 0.4) is 0 Å². The van der Waals surface area contributed by atoms with Crippen molar-refractivity contribution in [1.29, 1.82) is 0 Å². The summed E-state index contributed by atoms with van der Waals surface area (Å²) in [6.45, 7) is 11.8. The molecular weight excluding hydrogens is 472 g/mol. The van der Waals surface area contributed by atoms with Crippen LogP contribution in [0.15, 0.2) is 77.7 Å². The summed E-state index contributed by atoms with van der Waals surface area (Å²) in [5.74, 6) is -1.23. The molecule has 2 aromatic rings. The van der Waals surface area contributed by atoms with Crippen molar-refractivity contribution in [2.45, 2.75) is 38.0 Å². The van der Waals surface area contributed by atoms with Crippen LogP contribution in [0.2, 0.25) is 5.02 Å². The SMILES string of the molecule is C=C(/C=C\C=C/C)CN1C(=O)c2c(Cl)ccc(NS(=O)(=O)c3ccc(C(C)(C)C)cc3)c2C1=O. The second-order valence-electron chi connectivity index (χ2n) is 8.96. The number of benzene rings is 2. The number of nitrogens with one attached hydrogen (secondary N) is 1. The van der Waals surface area contributed by atoms with Gasteiger partial charge in [-0.25, -0.2) is 8.42 Å². The normalized spacial score (nSPS) is 14.3. The van der Waals surface area contributed by atoms with Gasteiger partial charge in [-0.1, -0.05) is 75.4 Å². The highest BCUT2D eigenvalue weighted by Gasteiger charge is 2.40. The molecule has 0 fully saturated rings. The quantitative estimate of drug-likeness (QED) is 0.390. The van der Waals surface area contributed by atoms with Crippen LogP contribution < -0.4 is 4.72 Å². The first-order chi connectivity index (χ1) is 15.9. The molecule has 8 heteroatoms. The standard InChI is InChI=1S/C26H27ClN2O4S/c1-6-7-8-9-17(2)16-29-24(30)22-20(27)14-15-21(23(22)25(29)31)28-34(32,33)19-12-10-18(11-13-19)26(3,4)5/h6-15,28H,2,16H2,1,3-5H3/b7-6-,9-8-. The van der Waals surface area contributed by atoms with Crippen LogP contribution >= 0.6 is 11.6 Å². The molecule has 1 heterocycles. The van der Waals surface area contributed by atoms with E-state index in [1.54, 1.807) is 30.4 Å². The number of carbonyl (C=O) groups is 2. The van der Waals surface area contributed by atoms with Crippen molar-refractivity contribution < 1.29 is 18.0 Å². The number of hydrogen-bond donors (Lipinski definition) is 1. The second kappa shape index (κ2) is 9.60. The Bertz CT molecular complexity index is 1320. The van der Waals surface area contributed by atoms with Crippen molar-refractivity contribution in [3.8, 4) is 0 Å². The Balaban J connectivity index is 1.93. The summed E-state index contributed by atoms with van der Waals surface area (Å²) in [7, 11) is -4.02. The summed E-state index contributed by atoms with van der Waals surface area (Å²) in [5, 5.41) is 0.0726. The van der Waals surface area contributed by atoms with Gasteiger partial charge in [-0.3, -0.25) is 19.2 Å². The molecule has 1 aliphatic heterocycles. The number of anilines is 1. The maximum absolute atomic E-state index is 13.2. The van der Waals surface area contributed by atoms with Crippen LogP contribution in [0.25, 0.3) is 0 Å². The van der Waals surface area contributed by atoms with Gasteiger partial charge in [0.15, 0.2) is 0 Å². The number of halogens is 1. The molecular formula is C26H27ClN2O4S. The predicted molar refractivity (Wildman–Crippen MR) is 136 cm³/mol. The van der Waals surface area contributed by atoms with Gasteiger partial charge in [-0.15, -0.1) is 0 Å². The van der Waals surface area contributed by atoms with Gasteiger partial charge in [0.1, 0.15) is 0 Å². The van der Waals surface area contributed by atoms with Crippen molar-refractivity contribution >= 4 is 39.1 Å². The van der Waals surface area contributed by atoms with Gasteiger partial charge >= 0.3 is 0 Å². The van der Waals surface area contributed by atoms with E-state index in [2.05, 4.69) is 11.3 Å². The fourth-order valence-electron chi connectivity index (χ4n) is 3.50. The summed E-state index contributed by atoms with van der Waals surface area (Å²) in [4.78, 5) is 27.2. The Labute approximate surface area is 205 Å². The summed E-state index contributed by atoms with van der Waals surface area (Å²) in [6, 6.07) is 9.32. The fraction of sp³-hybridized carbons (Fsp3) is 0.231. The minimum Gasteiger partial charge on any atom is -0.279 e. The van der Waals surface area contributed by atoms with Gasteiger partial charge in [-0.2, -0.15) is 0 Å². The zero-order valence-corrected chi connectivity index (χ0v) is 21.1. The summed E-state index contributed by atoms with van der Waals surface area (Å²) < 4.78 is 28.6. The molecule has 0 bridgehead atoms. The Morgan fingerprint density at radius 1 is 1.03 bits per heavy atom. The third-order valence-corrected chi connectivity index (χ3v) is 7.04. The number of nitrogens with zero attached hydrogens (tertiary/aromatic N) is 1. The van der Waals surface area contributed by atoms with Gasteiger partial charge in [0, 0.05) is 0 Å².